The van der Waals surface area contributed by atoms with Crippen LogP contribution >= 0.6 is 0 Å². The minimum absolute atomic E-state index is 0.384. The second-order valence-corrected chi connectivity index (χ2v) is 6.40. The van der Waals surface area contributed by atoms with E-state index in [1.807, 2.05) is 12.1 Å². The van der Waals surface area contributed by atoms with Crippen LogP contribution in [0.25, 0.3) is 5.57 Å². The van der Waals surface area contributed by atoms with Crippen LogP contribution in [0.5, 0.6) is 0 Å². The number of allylic oxidation sites excluding steroid dienone is 1. The Labute approximate surface area is 101 Å². The smallest absolute Gasteiger partial charge is 0.200 e. The van der Waals surface area contributed by atoms with Crippen LogP contribution < -0.4 is 5.32 Å². The fourth-order valence-electron chi connectivity index (χ4n) is 2.70. The highest BCUT2D eigenvalue weighted by atomic mass is 32.2. The van der Waals surface area contributed by atoms with Gasteiger partial charge in [-0.25, -0.2) is 8.42 Å². The first-order chi connectivity index (χ1) is 8.18. The molecule has 3 rings (SSSR count). The topological polar surface area (TPSA) is 46.2 Å². The Hall–Kier alpha value is -1.13. The van der Waals surface area contributed by atoms with Gasteiger partial charge in [0, 0.05) is 5.41 Å². The lowest BCUT2D eigenvalue weighted by atomic mass is 9.87. The van der Waals surface area contributed by atoms with Crippen LogP contribution in [-0.4, -0.2) is 21.5 Å². The van der Waals surface area contributed by atoms with E-state index in [0.717, 1.165) is 37.1 Å². The van der Waals surface area contributed by atoms with E-state index in [1.54, 1.807) is 12.1 Å². The molecule has 2 heterocycles. The molecule has 2 aliphatic heterocycles. The van der Waals surface area contributed by atoms with E-state index in [-0.39, 0.29) is 0 Å². The highest BCUT2D eigenvalue weighted by Crippen LogP contribution is 2.40. The van der Waals surface area contributed by atoms with Crippen molar-refractivity contribution in [3.05, 3.63) is 35.2 Å². The molecule has 0 bridgehead atoms. The van der Waals surface area contributed by atoms with Crippen LogP contribution in [0.2, 0.25) is 0 Å². The number of rotatable bonds is 1. The van der Waals surface area contributed by atoms with Crippen molar-refractivity contribution < 1.29 is 8.42 Å². The Kier molecular flexibility index (Phi) is 2.56. The van der Waals surface area contributed by atoms with Gasteiger partial charge < -0.3 is 5.32 Å². The molecule has 90 valence electrons. The molecule has 17 heavy (non-hydrogen) atoms. The molecule has 0 radical (unpaired) electrons. The third-order valence-electron chi connectivity index (χ3n) is 3.57. The zero-order chi connectivity index (χ0) is 11.9. The first kappa shape index (κ1) is 11.0. The van der Waals surface area contributed by atoms with Crippen molar-refractivity contribution in [3.8, 4) is 0 Å². The zero-order valence-electron chi connectivity index (χ0n) is 9.52. The average molecular weight is 249 g/mol. The quantitative estimate of drug-likeness (QED) is 0.825. The number of hydrogen-bond donors (Lipinski definition) is 1. The number of benzene rings is 1. The molecule has 0 spiro atoms. The fourth-order valence-corrected chi connectivity index (χ4v) is 4.24. The molecule has 0 atom stereocenters. The Bertz CT molecular complexity index is 569. The van der Waals surface area contributed by atoms with Gasteiger partial charge in [-0.1, -0.05) is 18.2 Å². The van der Waals surface area contributed by atoms with Crippen molar-refractivity contribution in [3.63, 3.8) is 0 Å². The van der Waals surface area contributed by atoms with Gasteiger partial charge in [0.05, 0.1) is 4.90 Å². The van der Waals surface area contributed by atoms with Gasteiger partial charge in [-0.15, -0.1) is 0 Å². The maximum Gasteiger partial charge on any atom is 0.200 e. The van der Waals surface area contributed by atoms with Crippen molar-refractivity contribution in [1.82, 2.24) is 5.32 Å². The molecule has 4 heteroatoms. The minimum atomic E-state index is -3.19. The lowest BCUT2D eigenvalue weighted by Crippen LogP contribution is -2.28. The fraction of sp³-hybridized carbons (Fsp3) is 0.385. The summed E-state index contributed by atoms with van der Waals surface area (Å²) < 4.78 is 24.0. The molecule has 1 aromatic carbocycles. The molecule has 0 aromatic heterocycles. The Morgan fingerprint density at radius 1 is 1.12 bits per heavy atom. The van der Waals surface area contributed by atoms with E-state index in [1.165, 1.54) is 5.41 Å². The van der Waals surface area contributed by atoms with E-state index in [2.05, 4.69) is 5.32 Å². The van der Waals surface area contributed by atoms with E-state index < -0.39 is 9.84 Å². The minimum Gasteiger partial charge on any atom is -0.317 e. The van der Waals surface area contributed by atoms with Crippen LogP contribution in [0, 0.1) is 5.92 Å². The molecule has 0 saturated carbocycles. The predicted octanol–water partition coefficient (Wildman–Crippen LogP) is 1.81. The lowest BCUT2D eigenvalue weighted by molar-refractivity contribution is 0.447. The van der Waals surface area contributed by atoms with Gasteiger partial charge in [0.15, 0.2) is 0 Å². The lowest BCUT2D eigenvalue weighted by Gasteiger charge is -2.23. The second kappa shape index (κ2) is 3.96. The highest BCUT2D eigenvalue weighted by Gasteiger charge is 2.31. The maximum absolute atomic E-state index is 12.0. The molecule has 0 amide bonds. The van der Waals surface area contributed by atoms with Gasteiger partial charge in [0.2, 0.25) is 9.84 Å². The summed E-state index contributed by atoms with van der Waals surface area (Å²) in [5.41, 5.74) is 1.93. The van der Waals surface area contributed by atoms with Crippen LogP contribution in [-0.2, 0) is 9.84 Å². The van der Waals surface area contributed by atoms with Crippen LogP contribution in [0.15, 0.2) is 34.6 Å². The standard InChI is InChI=1S/C13H15NO2S/c15-17(16)9-12(10-5-7-14-8-6-10)11-3-1-2-4-13(11)17/h1-4,9-10,14H,5-8H2. The van der Waals surface area contributed by atoms with Crippen LogP contribution in [0.4, 0.5) is 0 Å². The van der Waals surface area contributed by atoms with Gasteiger partial charge in [-0.3, -0.25) is 0 Å². The van der Waals surface area contributed by atoms with Crippen molar-refractivity contribution in [2.75, 3.05) is 13.1 Å². The summed E-state index contributed by atoms with van der Waals surface area (Å²) >= 11 is 0. The summed E-state index contributed by atoms with van der Waals surface area (Å²) in [6.45, 7) is 1.95. The molecule has 0 unspecified atom stereocenters. The molecule has 2 aliphatic rings. The molecule has 3 nitrogen and oxygen atoms in total. The second-order valence-electron chi connectivity index (χ2n) is 4.64. The Morgan fingerprint density at radius 3 is 2.59 bits per heavy atom. The average Bonchev–Trinajstić information content (AvgIpc) is 2.64. The monoisotopic (exact) mass is 249 g/mol. The zero-order valence-corrected chi connectivity index (χ0v) is 10.3. The van der Waals surface area contributed by atoms with E-state index in [4.69, 9.17) is 0 Å². The van der Waals surface area contributed by atoms with Gasteiger partial charge in [-0.05, 0) is 49.1 Å². The van der Waals surface area contributed by atoms with E-state index in [0.29, 0.717) is 10.8 Å². The summed E-state index contributed by atoms with van der Waals surface area (Å²) in [5, 5.41) is 4.79. The summed E-state index contributed by atoms with van der Waals surface area (Å²) in [6, 6.07) is 7.33. The van der Waals surface area contributed by atoms with Gasteiger partial charge in [0.1, 0.15) is 0 Å². The largest absolute Gasteiger partial charge is 0.317 e. The number of hydrogen-bond acceptors (Lipinski definition) is 3. The third-order valence-corrected chi connectivity index (χ3v) is 5.10. The van der Waals surface area contributed by atoms with Crippen molar-refractivity contribution in [2.45, 2.75) is 17.7 Å². The molecule has 1 fully saturated rings. The maximum atomic E-state index is 12.0. The van der Waals surface area contributed by atoms with Crippen molar-refractivity contribution in [2.24, 2.45) is 5.92 Å². The molecule has 1 saturated heterocycles. The predicted molar refractivity (Wildman–Crippen MR) is 67.2 cm³/mol. The number of piperidine rings is 1. The normalized spacial score (nSPS) is 23.2. The first-order valence-corrected chi connectivity index (χ1v) is 7.50. The summed E-state index contributed by atoms with van der Waals surface area (Å²) in [5.74, 6) is 0.384. The number of fused-ring (bicyclic) bond motifs is 1. The van der Waals surface area contributed by atoms with Crippen LogP contribution in [0.1, 0.15) is 18.4 Å². The SMILES string of the molecule is O=S1(=O)C=C(C2CCNCC2)c2ccccc21. The Morgan fingerprint density at radius 2 is 1.82 bits per heavy atom. The molecule has 0 aliphatic carbocycles. The molecular formula is C13H15NO2S. The summed E-state index contributed by atoms with van der Waals surface area (Å²) in [7, 11) is -3.19. The summed E-state index contributed by atoms with van der Waals surface area (Å²) in [6.07, 6.45) is 2.05. The molecular weight excluding hydrogens is 234 g/mol. The molecule has 1 N–H and O–H groups in total. The van der Waals surface area contributed by atoms with Gasteiger partial charge in [0.25, 0.3) is 0 Å². The van der Waals surface area contributed by atoms with Crippen LogP contribution in [0.3, 0.4) is 0 Å². The van der Waals surface area contributed by atoms with E-state index in [9.17, 15) is 8.42 Å². The first-order valence-electron chi connectivity index (χ1n) is 5.95. The number of nitrogens with one attached hydrogen (secondary N) is 1. The van der Waals surface area contributed by atoms with Gasteiger partial charge >= 0.3 is 0 Å². The molecule has 1 aromatic rings. The van der Waals surface area contributed by atoms with Gasteiger partial charge in [-0.2, -0.15) is 0 Å². The number of sulfone groups is 1. The van der Waals surface area contributed by atoms with E-state index >= 15 is 0 Å². The highest BCUT2D eigenvalue weighted by molar-refractivity contribution is 7.95. The van der Waals surface area contributed by atoms with Crippen molar-refractivity contribution in [1.29, 1.82) is 0 Å². The summed E-state index contributed by atoms with van der Waals surface area (Å²) in [4.78, 5) is 0.480. The third kappa shape index (κ3) is 1.81. The van der Waals surface area contributed by atoms with Crippen molar-refractivity contribution >= 4 is 15.4 Å². The Balaban J connectivity index is 2.07.